The van der Waals surface area contributed by atoms with Gasteiger partial charge in [0.05, 0.1) is 6.20 Å². The van der Waals surface area contributed by atoms with Gasteiger partial charge in [0.1, 0.15) is 0 Å². The average molecular weight is 260 g/mol. The lowest BCUT2D eigenvalue weighted by molar-refractivity contribution is 0.621. The third-order valence-corrected chi connectivity index (χ3v) is 4.01. The molecule has 6 heteroatoms. The summed E-state index contributed by atoms with van der Waals surface area (Å²) in [6.45, 7) is 4.48. The monoisotopic (exact) mass is 260 g/mol. The third kappa shape index (κ3) is 1.92. The van der Waals surface area contributed by atoms with E-state index in [4.69, 9.17) is 5.84 Å². The highest BCUT2D eigenvalue weighted by atomic mass is 15.3. The predicted octanol–water partition coefficient (Wildman–Crippen LogP) is 1.78. The number of hydrogen-bond donors (Lipinski definition) is 2. The Morgan fingerprint density at radius 2 is 2.32 bits per heavy atom. The average Bonchev–Trinajstić information content (AvgIpc) is 3.03. The number of hydrazine groups is 1. The van der Waals surface area contributed by atoms with E-state index in [0.717, 1.165) is 17.9 Å². The second-order valence-electron chi connectivity index (χ2n) is 5.15. The predicted molar refractivity (Wildman–Crippen MR) is 76.1 cm³/mol. The van der Waals surface area contributed by atoms with E-state index in [1.54, 1.807) is 6.20 Å². The zero-order valence-corrected chi connectivity index (χ0v) is 11.4. The number of nitrogens with two attached hydrogens (primary N) is 1. The first-order valence-corrected chi connectivity index (χ1v) is 6.83. The van der Waals surface area contributed by atoms with Crippen molar-refractivity contribution in [3.8, 4) is 0 Å². The van der Waals surface area contributed by atoms with Crippen LogP contribution >= 0.6 is 0 Å². The van der Waals surface area contributed by atoms with Crippen LogP contribution in [0.2, 0.25) is 0 Å². The molecule has 2 aromatic rings. The Kier molecular flexibility index (Phi) is 3.02. The van der Waals surface area contributed by atoms with Crippen molar-refractivity contribution < 1.29 is 0 Å². The van der Waals surface area contributed by atoms with Crippen LogP contribution in [0.3, 0.4) is 0 Å². The van der Waals surface area contributed by atoms with Crippen molar-refractivity contribution in [3.63, 3.8) is 0 Å². The molecule has 102 valence electrons. The van der Waals surface area contributed by atoms with E-state index in [1.165, 1.54) is 12.8 Å². The highest BCUT2D eigenvalue weighted by Crippen LogP contribution is 2.33. The van der Waals surface area contributed by atoms with Gasteiger partial charge in [-0.15, -0.1) is 0 Å². The fraction of sp³-hybridized carbons (Fsp3) is 0.538. The van der Waals surface area contributed by atoms with Crippen molar-refractivity contribution in [1.82, 2.24) is 14.4 Å². The van der Waals surface area contributed by atoms with E-state index < -0.39 is 0 Å². The maximum absolute atomic E-state index is 5.51. The number of nitrogen functional groups attached to an aromatic ring is 1. The summed E-state index contributed by atoms with van der Waals surface area (Å²) in [5.74, 6) is 7.10. The largest absolute Gasteiger partial charge is 0.348 e. The molecule has 0 spiro atoms. The molecule has 1 saturated heterocycles. The second kappa shape index (κ2) is 4.70. The van der Waals surface area contributed by atoms with E-state index in [9.17, 15) is 0 Å². The molecule has 0 bridgehead atoms. The minimum Gasteiger partial charge on any atom is -0.348 e. The number of nitrogens with zero attached hydrogens (tertiary/aromatic N) is 4. The van der Waals surface area contributed by atoms with Gasteiger partial charge in [-0.2, -0.15) is 0 Å². The molecule has 1 aliphatic rings. The first-order valence-electron chi connectivity index (χ1n) is 6.83. The van der Waals surface area contributed by atoms with Crippen molar-refractivity contribution in [3.05, 3.63) is 18.6 Å². The van der Waals surface area contributed by atoms with Crippen molar-refractivity contribution in [2.75, 3.05) is 10.3 Å². The molecule has 0 saturated carbocycles. The van der Waals surface area contributed by atoms with Crippen LogP contribution in [0.15, 0.2) is 18.6 Å². The zero-order valence-electron chi connectivity index (χ0n) is 11.4. The Labute approximate surface area is 112 Å². The SMILES string of the molecule is CCC1CCC(C)N1c1nc(NN)cn2ccnc12. The normalized spacial score (nSPS) is 23.2. The summed E-state index contributed by atoms with van der Waals surface area (Å²) in [6.07, 6.45) is 9.11. The number of rotatable bonds is 3. The van der Waals surface area contributed by atoms with Gasteiger partial charge in [0.15, 0.2) is 17.3 Å². The molecular formula is C13H20N6. The molecule has 3 rings (SSSR count). The minimum absolute atomic E-state index is 0.492. The smallest absolute Gasteiger partial charge is 0.180 e. The molecule has 2 aromatic heterocycles. The molecule has 2 atom stereocenters. The molecule has 1 fully saturated rings. The first kappa shape index (κ1) is 12.2. The van der Waals surface area contributed by atoms with Crippen LogP contribution in [0.1, 0.15) is 33.1 Å². The highest BCUT2D eigenvalue weighted by Gasteiger charge is 2.32. The Morgan fingerprint density at radius 3 is 3.05 bits per heavy atom. The van der Waals surface area contributed by atoms with Crippen LogP contribution in [-0.4, -0.2) is 26.5 Å². The van der Waals surface area contributed by atoms with Crippen molar-refractivity contribution in [1.29, 1.82) is 0 Å². The van der Waals surface area contributed by atoms with Gasteiger partial charge in [0, 0.05) is 24.5 Å². The lowest BCUT2D eigenvalue weighted by atomic mass is 10.1. The number of aromatic nitrogens is 3. The fourth-order valence-electron chi connectivity index (χ4n) is 3.01. The molecule has 1 aliphatic heterocycles. The molecule has 19 heavy (non-hydrogen) atoms. The van der Waals surface area contributed by atoms with Gasteiger partial charge in [-0.3, -0.25) is 0 Å². The van der Waals surface area contributed by atoms with E-state index in [0.29, 0.717) is 17.9 Å². The number of fused-ring (bicyclic) bond motifs is 1. The minimum atomic E-state index is 0.492. The van der Waals surface area contributed by atoms with E-state index in [1.807, 2.05) is 16.8 Å². The van der Waals surface area contributed by atoms with Gasteiger partial charge >= 0.3 is 0 Å². The molecule has 3 N–H and O–H groups in total. The topological polar surface area (TPSA) is 71.5 Å². The summed E-state index contributed by atoms with van der Waals surface area (Å²) in [4.78, 5) is 11.5. The maximum atomic E-state index is 5.51. The molecule has 6 nitrogen and oxygen atoms in total. The molecule has 0 amide bonds. The van der Waals surface area contributed by atoms with Crippen LogP contribution in [0, 0.1) is 0 Å². The van der Waals surface area contributed by atoms with E-state index >= 15 is 0 Å². The Morgan fingerprint density at radius 1 is 1.47 bits per heavy atom. The highest BCUT2D eigenvalue weighted by molar-refractivity contribution is 5.68. The summed E-state index contributed by atoms with van der Waals surface area (Å²) >= 11 is 0. The quantitative estimate of drug-likeness (QED) is 0.650. The summed E-state index contributed by atoms with van der Waals surface area (Å²) in [5.41, 5.74) is 3.53. The van der Waals surface area contributed by atoms with E-state index in [-0.39, 0.29) is 0 Å². The van der Waals surface area contributed by atoms with Crippen molar-refractivity contribution >= 4 is 17.3 Å². The lowest BCUT2D eigenvalue weighted by Crippen LogP contribution is -2.35. The Balaban J connectivity index is 2.14. The van der Waals surface area contributed by atoms with Gasteiger partial charge < -0.3 is 14.7 Å². The third-order valence-electron chi connectivity index (χ3n) is 4.01. The zero-order chi connectivity index (χ0) is 13.4. The van der Waals surface area contributed by atoms with E-state index in [2.05, 4.69) is 34.1 Å². The standard InChI is InChI=1S/C13H20N6/c1-3-10-5-4-9(2)19(10)13-12-15-6-7-18(12)8-11(16-13)17-14/h6-10,17H,3-5,14H2,1-2H3. The molecular weight excluding hydrogens is 240 g/mol. The lowest BCUT2D eigenvalue weighted by Gasteiger charge is -2.29. The first-order chi connectivity index (χ1) is 9.24. The molecule has 2 unspecified atom stereocenters. The second-order valence-corrected chi connectivity index (χ2v) is 5.15. The van der Waals surface area contributed by atoms with Crippen LogP contribution < -0.4 is 16.2 Å². The maximum Gasteiger partial charge on any atom is 0.180 e. The van der Waals surface area contributed by atoms with Gasteiger partial charge in [-0.05, 0) is 26.2 Å². The fourth-order valence-corrected chi connectivity index (χ4v) is 3.01. The van der Waals surface area contributed by atoms with Crippen LogP contribution in [-0.2, 0) is 0 Å². The van der Waals surface area contributed by atoms with Gasteiger partial charge in [0.25, 0.3) is 0 Å². The van der Waals surface area contributed by atoms with Crippen molar-refractivity contribution in [2.24, 2.45) is 5.84 Å². The number of anilines is 2. The van der Waals surface area contributed by atoms with Crippen LogP contribution in [0.25, 0.3) is 5.65 Å². The van der Waals surface area contributed by atoms with Crippen LogP contribution in [0.5, 0.6) is 0 Å². The Bertz CT molecular complexity index is 578. The Hall–Kier alpha value is -1.82. The summed E-state index contributed by atoms with van der Waals surface area (Å²) in [7, 11) is 0. The van der Waals surface area contributed by atoms with Gasteiger partial charge in [-0.25, -0.2) is 15.8 Å². The van der Waals surface area contributed by atoms with Crippen molar-refractivity contribution in [2.45, 2.75) is 45.2 Å². The molecule has 0 aliphatic carbocycles. The molecule has 0 aromatic carbocycles. The summed E-state index contributed by atoms with van der Waals surface area (Å²) in [6, 6.07) is 1.03. The van der Waals surface area contributed by atoms with Gasteiger partial charge in [-0.1, -0.05) is 6.92 Å². The number of nitrogens with one attached hydrogen (secondary N) is 1. The van der Waals surface area contributed by atoms with Crippen LogP contribution in [0.4, 0.5) is 11.6 Å². The molecule has 3 heterocycles. The van der Waals surface area contributed by atoms with Gasteiger partial charge in [0.2, 0.25) is 0 Å². The summed E-state index contributed by atoms with van der Waals surface area (Å²) < 4.78 is 1.97. The summed E-state index contributed by atoms with van der Waals surface area (Å²) in [5, 5.41) is 0. The number of hydrogen-bond acceptors (Lipinski definition) is 5. The molecule has 0 radical (unpaired) electrons. The number of imidazole rings is 1.